The molecule has 4 N–H and O–H groups in total. The molecule has 3 aromatic rings. The number of aromatic hydroxyl groups is 2. The molecule has 0 bridgehead atoms. The molecule has 0 fully saturated rings. The van der Waals surface area contributed by atoms with Crippen LogP contribution < -0.4 is 10.1 Å². The number of nitrogens with one attached hydrogen (secondary N) is 2. The third-order valence-corrected chi connectivity index (χ3v) is 3.73. The Morgan fingerprint density at radius 1 is 1.04 bits per heavy atom. The van der Waals surface area contributed by atoms with Crippen molar-refractivity contribution < 1.29 is 19.7 Å². The van der Waals surface area contributed by atoms with Crippen LogP contribution in [0.25, 0.3) is 10.8 Å². The maximum absolute atomic E-state index is 11.4. The standard InChI is InChI=1S/C12H11NO2.C8H9NO2/c1-13-12(15)10-6-8-4-2-3-5-9(8)7-11(10)14;1-11-7-2-3-8(10)6(4-7)5-9/h2-7,14H,1H3,(H,13,15);2-5,9-10H,1H3. The highest BCUT2D eigenvalue weighted by molar-refractivity contribution is 6.01. The van der Waals surface area contributed by atoms with Crippen LogP contribution in [0.4, 0.5) is 0 Å². The van der Waals surface area contributed by atoms with E-state index < -0.39 is 0 Å². The largest absolute Gasteiger partial charge is 0.507 e. The van der Waals surface area contributed by atoms with Gasteiger partial charge >= 0.3 is 0 Å². The Bertz CT molecular complexity index is 938. The third-order valence-electron chi connectivity index (χ3n) is 3.73. The highest BCUT2D eigenvalue weighted by Crippen LogP contribution is 2.24. The number of hydrogen-bond acceptors (Lipinski definition) is 5. The fraction of sp³-hybridized carbons (Fsp3) is 0.100. The van der Waals surface area contributed by atoms with Gasteiger partial charge in [-0.3, -0.25) is 4.79 Å². The van der Waals surface area contributed by atoms with Gasteiger partial charge in [-0.1, -0.05) is 24.3 Å². The molecule has 0 atom stereocenters. The first-order valence-corrected chi connectivity index (χ1v) is 7.81. The van der Waals surface area contributed by atoms with Crippen molar-refractivity contribution in [2.24, 2.45) is 0 Å². The average molecular weight is 352 g/mol. The van der Waals surface area contributed by atoms with Gasteiger partial charge in [-0.15, -0.1) is 0 Å². The molecule has 0 aliphatic rings. The van der Waals surface area contributed by atoms with E-state index in [1.165, 1.54) is 13.1 Å². The zero-order valence-corrected chi connectivity index (χ0v) is 14.5. The van der Waals surface area contributed by atoms with Gasteiger partial charge in [-0.05, 0) is 41.1 Å². The fourth-order valence-electron chi connectivity index (χ4n) is 2.32. The summed E-state index contributed by atoms with van der Waals surface area (Å²) in [7, 11) is 3.08. The molecule has 0 aliphatic carbocycles. The number of phenols is 2. The molecule has 0 spiro atoms. The van der Waals surface area contributed by atoms with E-state index in [0.717, 1.165) is 17.0 Å². The maximum Gasteiger partial charge on any atom is 0.254 e. The summed E-state index contributed by atoms with van der Waals surface area (Å²) in [6.45, 7) is 0. The number of ether oxygens (including phenoxy) is 1. The van der Waals surface area contributed by atoms with Crippen LogP contribution in [-0.2, 0) is 0 Å². The summed E-state index contributed by atoms with van der Waals surface area (Å²) in [5.74, 6) is 0.466. The zero-order valence-electron chi connectivity index (χ0n) is 14.5. The van der Waals surface area contributed by atoms with Crippen molar-refractivity contribution >= 4 is 22.9 Å². The summed E-state index contributed by atoms with van der Waals surface area (Å²) >= 11 is 0. The van der Waals surface area contributed by atoms with Crippen molar-refractivity contribution in [3.8, 4) is 17.2 Å². The minimum Gasteiger partial charge on any atom is -0.507 e. The minimum atomic E-state index is -0.279. The van der Waals surface area contributed by atoms with E-state index >= 15 is 0 Å². The number of benzene rings is 3. The number of amides is 1. The first-order valence-electron chi connectivity index (χ1n) is 7.81. The van der Waals surface area contributed by atoms with Gasteiger partial charge in [0.2, 0.25) is 0 Å². The molecule has 0 saturated heterocycles. The van der Waals surface area contributed by atoms with Crippen molar-refractivity contribution in [1.82, 2.24) is 5.32 Å². The monoisotopic (exact) mass is 352 g/mol. The number of fused-ring (bicyclic) bond motifs is 1. The Balaban J connectivity index is 0.000000197. The molecule has 0 aliphatic heterocycles. The van der Waals surface area contributed by atoms with Crippen molar-refractivity contribution in [2.75, 3.05) is 14.2 Å². The van der Waals surface area contributed by atoms with Crippen molar-refractivity contribution in [1.29, 1.82) is 5.41 Å². The summed E-state index contributed by atoms with van der Waals surface area (Å²) < 4.78 is 4.90. The second-order valence-corrected chi connectivity index (χ2v) is 5.36. The minimum absolute atomic E-state index is 0.00745. The molecule has 6 nitrogen and oxygen atoms in total. The molecule has 3 rings (SSSR count). The van der Waals surface area contributed by atoms with E-state index in [1.807, 2.05) is 24.3 Å². The molecule has 1 amide bonds. The van der Waals surface area contributed by atoms with E-state index in [4.69, 9.17) is 15.3 Å². The normalized spacial score (nSPS) is 9.77. The Labute approximate surface area is 151 Å². The van der Waals surface area contributed by atoms with Crippen molar-refractivity contribution in [2.45, 2.75) is 0 Å². The lowest BCUT2D eigenvalue weighted by Crippen LogP contribution is -2.17. The van der Waals surface area contributed by atoms with Crippen molar-refractivity contribution in [3.05, 3.63) is 65.7 Å². The Hall–Kier alpha value is -3.54. The Morgan fingerprint density at radius 3 is 2.27 bits per heavy atom. The summed E-state index contributed by atoms with van der Waals surface area (Å²) in [5, 5.41) is 30.0. The first kappa shape index (κ1) is 18.8. The summed E-state index contributed by atoms with van der Waals surface area (Å²) in [5.41, 5.74) is 0.764. The smallest absolute Gasteiger partial charge is 0.254 e. The van der Waals surface area contributed by atoms with Gasteiger partial charge in [0.15, 0.2) is 0 Å². The van der Waals surface area contributed by atoms with Gasteiger partial charge in [0.25, 0.3) is 5.91 Å². The molecule has 0 radical (unpaired) electrons. The van der Waals surface area contributed by atoms with Crippen molar-refractivity contribution in [3.63, 3.8) is 0 Å². The van der Waals surface area contributed by atoms with E-state index in [9.17, 15) is 9.90 Å². The lowest BCUT2D eigenvalue weighted by molar-refractivity contribution is 0.0960. The molecule has 0 aromatic heterocycles. The van der Waals surface area contributed by atoms with E-state index in [1.54, 1.807) is 31.4 Å². The number of phenolic OH excluding ortho intramolecular Hbond substituents is 2. The summed E-state index contributed by atoms with van der Waals surface area (Å²) in [6, 6.07) is 15.6. The molecule has 0 heterocycles. The molecule has 0 saturated carbocycles. The fourth-order valence-corrected chi connectivity index (χ4v) is 2.32. The van der Waals surface area contributed by atoms with Crippen LogP contribution in [0, 0.1) is 5.41 Å². The molecule has 6 heteroatoms. The molecule has 3 aromatic carbocycles. The highest BCUT2D eigenvalue weighted by atomic mass is 16.5. The lowest BCUT2D eigenvalue weighted by atomic mass is 10.1. The van der Waals surface area contributed by atoms with Crippen LogP contribution in [0.3, 0.4) is 0 Å². The van der Waals surface area contributed by atoms with E-state index in [2.05, 4.69) is 5.32 Å². The van der Waals surface area contributed by atoms with Crippen LogP contribution in [0.15, 0.2) is 54.6 Å². The quantitative estimate of drug-likeness (QED) is 0.543. The highest BCUT2D eigenvalue weighted by Gasteiger charge is 2.10. The van der Waals surface area contributed by atoms with Crippen LogP contribution in [0.5, 0.6) is 17.2 Å². The second-order valence-electron chi connectivity index (χ2n) is 5.36. The number of carbonyl (C=O) groups excluding carboxylic acids is 1. The van der Waals surface area contributed by atoms with Crippen LogP contribution in [-0.4, -0.2) is 36.5 Å². The number of rotatable bonds is 3. The van der Waals surface area contributed by atoms with Gasteiger partial charge in [-0.25, -0.2) is 0 Å². The number of carbonyl (C=O) groups is 1. The maximum atomic E-state index is 11.4. The summed E-state index contributed by atoms with van der Waals surface area (Å²) in [6.07, 6.45) is 1.08. The van der Waals surface area contributed by atoms with Gasteiger partial charge in [0.05, 0.1) is 12.7 Å². The zero-order chi connectivity index (χ0) is 19.1. The molecular formula is C20H20N2O4. The molecule has 0 unspecified atom stereocenters. The number of methoxy groups -OCH3 is 1. The van der Waals surface area contributed by atoms with Gasteiger partial charge in [-0.2, -0.15) is 0 Å². The van der Waals surface area contributed by atoms with Gasteiger partial charge in [0.1, 0.15) is 17.2 Å². The predicted molar refractivity (Wildman–Crippen MR) is 102 cm³/mol. The first-order chi connectivity index (χ1) is 12.5. The Morgan fingerprint density at radius 2 is 1.69 bits per heavy atom. The molecule has 26 heavy (non-hydrogen) atoms. The van der Waals surface area contributed by atoms with Crippen LogP contribution in [0.1, 0.15) is 15.9 Å². The topological polar surface area (TPSA) is 103 Å². The molecular weight excluding hydrogens is 332 g/mol. The van der Waals surface area contributed by atoms with Crippen LogP contribution in [0.2, 0.25) is 0 Å². The summed E-state index contributed by atoms with van der Waals surface area (Å²) in [4.78, 5) is 11.4. The van der Waals surface area contributed by atoms with E-state index in [-0.39, 0.29) is 17.4 Å². The van der Waals surface area contributed by atoms with Gasteiger partial charge in [0, 0.05) is 18.8 Å². The lowest BCUT2D eigenvalue weighted by Gasteiger charge is -2.05. The Kier molecular flexibility index (Phi) is 6.16. The SMILES string of the molecule is CNC(=O)c1cc2ccccc2cc1O.COc1ccc(O)c(C=N)c1. The number of hydrogen-bond donors (Lipinski definition) is 4. The van der Waals surface area contributed by atoms with E-state index in [0.29, 0.717) is 16.9 Å². The average Bonchev–Trinajstić information content (AvgIpc) is 2.67. The predicted octanol–water partition coefficient (Wildman–Crippen LogP) is 3.30. The molecule has 134 valence electrons. The third kappa shape index (κ3) is 4.30. The van der Waals surface area contributed by atoms with Crippen LogP contribution >= 0.6 is 0 Å². The van der Waals surface area contributed by atoms with Gasteiger partial charge < -0.3 is 25.7 Å². The second kappa shape index (κ2) is 8.53.